The van der Waals surface area contributed by atoms with Crippen molar-refractivity contribution in [3.8, 4) is 0 Å². The van der Waals surface area contributed by atoms with Gasteiger partial charge in [-0.15, -0.1) is 11.8 Å². The molecule has 1 spiro atoms. The van der Waals surface area contributed by atoms with E-state index in [-0.39, 0.29) is 10.8 Å². The summed E-state index contributed by atoms with van der Waals surface area (Å²) in [6.45, 7) is 2.34. The summed E-state index contributed by atoms with van der Waals surface area (Å²) in [4.78, 5) is 29.6. The molecule has 4 rings (SSSR count). The molecule has 3 fully saturated rings. The molecule has 4 nitrogen and oxygen atoms in total. The molecule has 0 atom stereocenters. The SMILES string of the molecule is O=C(C=Cc1ccccc1)N1CCC2(CC1)SCCN2C(=O)CCC1CCCC1. The van der Waals surface area contributed by atoms with Gasteiger partial charge in [0.2, 0.25) is 11.8 Å². The summed E-state index contributed by atoms with van der Waals surface area (Å²) in [5.74, 6) is 2.20. The molecule has 1 saturated carbocycles. The molecule has 2 heterocycles. The number of likely N-dealkylation sites (tertiary alicyclic amines) is 1. The van der Waals surface area contributed by atoms with Crippen molar-refractivity contribution < 1.29 is 9.59 Å². The van der Waals surface area contributed by atoms with E-state index in [0.717, 1.165) is 56.1 Å². The van der Waals surface area contributed by atoms with E-state index >= 15 is 0 Å². The fourth-order valence-corrected chi connectivity index (χ4v) is 6.52. The Morgan fingerprint density at radius 2 is 1.79 bits per heavy atom. The molecule has 1 aromatic carbocycles. The highest BCUT2D eigenvalue weighted by atomic mass is 32.2. The van der Waals surface area contributed by atoms with Gasteiger partial charge in [0, 0.05) is 37.9 Å². The molecule has 0 bridgehead atoms. The number of hydrogen-bond donors (Lipinski definition) is 0. The lowest BCUT2D eigenvalue weighted by atomic mass is 9.98. The molecule has 3 aliphatic rings. The molecule has 156 valence electrons. The number of carbonyl (C=O) groups excluding carboxylic acids is 2. The topological polar surface area (TPSA) is 40.6 Å². The molecular weight excluding hydrogens is 380 g/mol. The van der Waals surface area contributed by atoms with Gasteiger partial charge in [-0.2, -0.15) is 0 Å². The average Bonchev–Trinajstić information content (AvgIpc) is 3.42. The maximum atomic E-state index is 13.0. The van der Waals surface area contributed by atoms with Crippen LogP contribution in [0.3, 0.4) is 0 Å². The molecule has 1 aliphatic carbocycles. The Balaban J connectivity index is 1.30. The van der Waals surface area contributed by atoms with Gasteiger partial charge in [0.25, 0.3) is 0 Å². The zero-order valence-corrected chi connectivity index (χ0v) is 18.0. The predicted molar refractivity (Wildman–Crippen MR) is 119 cm³/mol. The van der Waals surface area contributed by atoms with E-state index in [4.69, 9.17) is 0 Å². The first-order chi connectivity index (χ1) is 14.2. The molecule has 0 unspecified atom stereocenters. The van der Waals surface area contributed by atoms with Crippen LogP contribution in [0, 0.1) is 5.92 Å². The fourth-order valence-electron chi connectivity index (χ4n) is 5.05. The highest BCUT2D eigenvalue weighted by molar-refractivity contribution is 8.00. The van der Waals surface area contributed by atoms with Gasteiger partial charge in [0.1, 0.15) is 0 Å². The smallest absolute Gasteiger partial charge is 0.246 e. The minimum atomic E-state index is -0.0767. The van der Waals surface area contributed by atoms with Crippen LogP contribution in [0.15, 0.2) is 36.4 Å². The highest BCUT2D eigenvalue weighted by Crippen LogP contribution is 2.44. The molecular formula is C24H32N2O2S. The molecule has 0 radical (unpaired) electrons. The van der Waals surface area contributed by atoms with Gasteiger partial charge < -0.3 is 9.80 Å². The van der Waals surface area contributed by atoms with E-state index in [1.54, 1.807) is 6.08 Å². The van der Waals surface area contributed by atoms with Gasteiger partial charge >= 0.3 is 0 Å². The van der Waals surface area contributed by atoms with Crippen molar-refractivity contribution in [1.29, 1.82) is 0 Å². The number of thioether (sulfide) groups is 1. The summed E-state index contributed by atoms with van der Waals surface area (Å²) in [7, 11) is 0. The summed E-state index contributed by atoms with van der Waals surface area (Å²) < 4.78 is 0. The third kappa shape index (κ3) is 4.88. The van der Waals surface area contributed by atoms with Gasteiger partial charge in [-0.1, -0.05) is 56.0 Å². The van der Waals surface area contributed by atoms with Crippen LogP contribution < -0.4 is 0 Å². The molecule has 1 aromatic rings. The lowest BCUT2D eigenvalue weighted by Gasteiger charge is -2.44. The largest absolute Gasteiger partial charge is 0.339 e. The summed E-state index contributed by atoms with van der Waals surface area (Å²) in [5, 5.41) is 0. The van der Waals surface area contributed by atoms with E-state index in [9.17, 15) is 9.59 Å². The van der Waals surface area contributed by atoms with Crippen LogP contribution in [0.25, 0.3) is 6.08 Å². The third-order valence-corrected chi connectivity index (χ3v) is 8.35. The van der Waals surface area contributed by atoms with E-state index in [1.807, 2.05) is 53.1 Å². The number of nitrogens with zero attached hydrogens (tertiary/aromatic N) is 2. The van der Waals surface area contributed by atoms with Crippen molar-refractivity contribution in [2.24, 2.45) is 5.92 Å². The Hall–Kier alpha value is -1.75. The molecule has 0 N–H and O–H groups in total. The number of amides is 2. The zero-order valence-electron chi connectivity index (χ0n) is 17.2. The number of piperidine rings is 1. The van der Waals surface area contributed by atoms with E-state index in [1.165, 1.54) is 25.7 Å². The monoisotopic (exact) mass is 412 g/mol. The zero-order chi connectivity index (χ0) is 20.1. The summed E-state index contributed by atoms with van der Waals surface area (Å²) in [6, 6.07) is 9.93. The van der Waals surface area contributed by atoms with Gasteiger partial charge in [-0.3, -0.25) is 9.59 Å². The minimum absolute atomic E-state index is 0.0748. The highest BCUT2D eigenvalue weighted by Gasteiger charge is 2.46. The van der Waals surface area contributed by atoms with Crippen molar-refractivity contribution in [3.63, 3.8) is 0 Å². The van der Waals surface area contributed by atoms with Gasteiger partial charge in [0.05, 0.1) is 4.87 Å². The number of benzene rings is 1. The third-order valence-electron chi connectivity index (χ3n) is 6.79. The number of hydrogen-bond acceptors (Lipinski definition) is 3. The normalized spacial score (nSPS) is 22.1. The molecule has 29 heavy (non-hydrogen) atoms. The quantitative estimate of drug-likeness (QED) is 0.666. The first-order valence-electron chi connectivity index (χ1n) is 11.1. The first-order valence-corrected chi connectivity index (χ1v) is 12.1. The molecule has 2 saturated heterocycles. The Morgan fingerprint density at radius 3 is 2.52 bits per heavy atom. The first kappa shape index (κ1) is 20.5. The van der Waals surface area contributed by atoms with Crippen molar-refractivity contribution in [3.05, 3.63) is 42.0 Å². The number of carbonyl (C=O) groups is 2. The van der Waals surface area contributed by atoms with Crippen LogP contribution in [0.5, 0.6) is 0 Å². The van der Waals surface area contributed by atoms with Gasteiger partial charge in [0.15, 0.2) is 0 Å². The van der Waals surface area contributed by atoms with Gasteiger partial charge in [-0.25, -0.2) is 0 Å². The fraction of sp³-hybridized carbons (Fsp3) is 0.583. The second-order valence-electron chi connectivity index (χ2n) is 8.60. The van der Waals surface area contributed by atoms with Crippen LogP contribution in [-0.2, 0) is 9.59 Å². The molecule has 0 aromatic heterocycles. The molecule has 2 aliphatic heterocycles. The Kier molecular flexibility index (Phi) is 6.63. The van der Waals surface area contributed by atoms with Crippen LogP contribution in [0.2, 0.25) is 0 Å². The Morgan fingerprint density at radius 1 is 1.07 bits per heavy atom. The van der Waals surface area contributed by atoms with Crippen LogP contribution >= 0.6 is 11.8 Å². The predicted octanol–water partition coefficient (Wildman–Crippen LogP) is 4.56. The minimum Gasteiger partial charge on any atom is -0.339 e. The lowest BCUT2D eigenvalue weighted by Crippen LogP contribution is -2.53. The van der Waals surface area contributed by atoms with Crippen molar-refractivity contribution in [2.75, 3.05) is 25.4 Å². The summed E-state index contributed by atoms with van der Waals surface area (Å²) in [6.07, 6.45) is 12.4. The van der Waals surface area contributed by atoms with Crippen molar-refractivity contribution in [1.82, 2.24) is 9.80 Å². The number of rotatable bonds is 5. The van der Waals surface area contributed by atoms with Crippen LogP contribution in [-0.4, -0.2) is 51.9 Å². The molecule has 2 amide bonds. The van der Waals surface area contributed by atoms with Crippen LogP contribution in [0.4, 0.5) is 0 Å². The average molecular weight is 413 g/mol. The molecule has 5 heteroatoms. The second-order valence-corrected chi connectivity index (χ2v) is 10.1. The van der Waals surface area contributed by atoms with Gasteiger partial charge in [-0.05, 0) is 36.8 Å². The van der Waals surface area contributed by atoms with E-state index in [0.29, 0.717) is 12.3 Å². The lowest BCUT2D eigenvalue weighted by molar-refractivity contribution is -0.136. The Bertz CT molecular complexity index is 735. The van der Waals surface area contributed by atoms with Crippen LogP contribution in [0.1, 0.15) is 56.9 Å². The van der Waals surface area contributed by atoms with E-state index < -0.39 is 0 Å². The summed E-state index contributed by atoms with van der Waals surface area (Å²) >= 11 is 1.93. The van der Waals surface area contributed by atoms with Crippen molar-refractivity contribution in [2.45, 2.75) is 56.2 Å². The van der Waals surface area contributed by atoms with E-state index in [2.05, 4.69) is 4.90 Å². The maximum absolute atomic E-state index is 13.0. The van der Waals surface area contributed by atoms with Crippen molar-refractivity contribution >= 4 is 29.7 Å². The Labute approximate surface area is 178 Å². The maximum Gasteiger partial charge on any atom is 0.246 e. The summed E-state index contributed by atoms with van der Waals surface area (Å²) in [5.41, 5.74) is 1.04. The second kappa shape index (κ2) is 9.38. The standard InChI is InChI=1S/C24H32N2O2S/c27-22(12-10-20-6-2-1-3-7-20)25-16-14-24(15-17-25)26(18-19-29-24)23(28)13-11-21-8-4-5-9-21/h1-3,6-7,10,12,21H,4-5,8-9,11,13-19H2.